The molecule has 7 N–H and O–H groups in total. The Hall–Kier alpha value is -10.9. The number of nitrogens with zero attached hydrogens (tertiary/aromatic N) is 3. The Morgan fingerprint density at radius 2 is 0.856 bits per heavy atom. The van der Waals surface area contributed by atoms with Crippen molar-refractivity contribution in [2.24, 2.45) is 5.14 Å². The number of fused-ring (bicyclic) bond motifs is 3. The van der Waals surface area contributed by atoms with Gasteiger partial charge < -0.3 is 15.0 Å². The minimum absolute atomic E-state index is 0.0125. The van der Waals surface area contributed by atoms with E-state index < -0.39 is 59.1 Å². The molecule has 0 aliphatic heterocycles. The Labute approximate surface area is 548 Å². The summed E-state index contributed by atoms with van der Waals surface area (Å²) in [7, 11) is -12.8. The predicted octanol–water partition coefficient (Wildman–Crippen LogP) is 16.7. The largest absolute Gasteiger partial charge is 0.516 e. The van der Waals surface area contributed by atoms with E-state index in [0.717, 1.165) is 58.2 Å². The normalized spacial score (nSPS) is 12.5. The molecule has 3 aromatic heterocycles. The molecule has 0 amide bonds. The number of Topliss-reactive ketones (excluding diaryl/α,β-unsaturated/α-hetero) is 1. The topological polar surface area (TPSA) is 256 Å². The number of aromatic amines is 3. The number of aromatic nitrogens is 6. The molecule has 9 aromatic carbocycles. The van der Waals surface area contributed by atoms with Crippen LogP contribution in [0.2, 0.25) is 0 Å². The van der Waals surface area contributed by atoms with Gasteiger partial charge in [-0.15, -0.1) is 0 Å². The maximum Gasteiger partial charge on any atom is 0.516 e. The van der Waals surface area contributed by atoms with Crippen LogP contribution in [0.4, 0.5) is 50.9 Å². The monoisotopic (exact) mass is 1390 g/mol. The predicted molar refractivity (Wildman–Crippen MR) is 359 cm³/mol. The van der Waals surface area contributed by atoms with Crippen LogP contribution >= 0.6 is 0 Å². The number of hydrogen-bond donors (Lipinski definition) is 6. The number of benzene rings is 9. The molecular weight excluding hydrogens is 1330 g/mol. The number of carbonyl (C=O) groups is 1. The molecule has 0 saturated carbocycles. The standard InChI is InChI=1S/C24H21N3O3S.C23H15F6N3O2S.C22H16F3N3O2S/c1-16(28)20-5-3-4-6-21(20)18-10-13-22-23(15-18)26-24(25-22)14-9-17-7-11-19(12-8-17)27-31(2,29)30;24-22(25,26)16-5-3-4-14(12-16)8-11-21-30-19-10-9-15(13-20(19)31-21)17-6-1-2-7-18(17)32-35(33,34)23(27,28)29;23-22(24,25)16-5-3-4-14(12-16)8-11-21-27-18-10-9-15(13-19(18)28-21)17-6-1-2-7-20(17)31(26,29)30/h3-15,27H,1-2H3,(H,25,26);1-13,32H,(H,30,31);1-13H,(H,27,28)(H2,26,29,30)/b14-9+;2*11-8+. The molecule has 496 valence electrons. The number of para-hydroxylation sites is 1. The Morgan fingerprint density at radius 3 is 1.30 bits per heavy atom. The summed E-state index contributed by atoms with van der Waals surface area (Å²) >= 11 is 0. The smallest absolute Gasteiger partial charge is 0.338 e. The molecular formula is C69H52F9N9O7S3. The van der Waals surface area contributed by atoms with Crippen molar-refractivity contribution in [3.63, 3.8) is 0 Å². The number of hydrogen-bond acceptors (Lipinski definition) is 10. The second-order valence-electron chi connectivity index (χ2n) is 21.5. The second-order valence-corrected chi connectivity index (χ2v) is 26.5. The molecule has 97 heavy (non-hydrogen) atoms. The molecule has 0 saturated heterocycles. The summed E-state index contributed by atoms with van der Waals surface area (Å²) in [6.45, 7) is 1.57. The Bertz CT molecular complexity index is 5390. The number of rotatable bonds is 15. The molecule has 0 atom stereocenters. The van der Waals surface area contributed by atoms with Gasteiger partial charge >= 0.3 is 27.9 Å². The molecule has 0 aliphatic rings. The van der Waals surface area contributed by atoms with Crippen molar-refractivity contribution in [1.29, 1.82) is 0 Å². The van der Waals surface area contributed by atoms with Crippen LogP contribution in [0.25, 0.3) is 103 Å². The molecule has 0 unspecified atom stereocenters. The third-order valence-electron chi connectivity index (χ3n) is 14.4. The van der Waals surface area contributed by atoms with Crippen LogP contribution in [0.15, 0.2) is 205 Å². The van der Waals surface area contributed by atoms with Gasteiger partial charge in [0.1, 0.15) is 17.5 Å². The maximum absolute atomic E-state index is 12.9. The van der Waals surface area contributed by atoms with Crippen molar-refractivity contribution >= 4 is 117 Å². The van der Waals surface area contributed by atoms with Crippen LogP contribution in [0.3, 0.4) is 0 Å². The SMILES string of the molecule is CC(=O)c1ccccc1-c1ccc2nc(/C=C/c3ccc(NS(C)(=O)=O)cc3)[nH]c2c1.NS(=O)(=O)c1ccccc1-c1ccc2nc(/C=C/c3cccc(C(F)(F)F)c3)[nH]c2c1.O=S(=O)(Nc1ccccc1-c1ccc2nc(/C=C/c3cccc(C(F)(F)F)c3)[nH]c2c1)C(F)(F)F. The van der Waals surface area contributed by atoms with Crippen LogP contribution in [0.5, 0.6) is 0 Å². The highest BCUT2D eigenvalue weighted by Gasteiger charge is 2.46. The van der Waals surface area contributed by atoms with Gasteiger partial charge in [0.25, 0.3) is 0 Å². The van der Waals surface area contributed by atoms with E-state index >= 15 is 0 Å². The number of nitrogens with one attached hydrogen (secondary N) is 5. The van der Waals surface area contributed by atoms with Gasteiger partial charge in [-0.1, -0.05) is 133 Å². The van der Waals surface area contributed by atoms with Crippen LogP contribution in [0.1, 0.15) is 62.6 Å². The van der Waals surface area contributed by atoms with Crippen molar-refractivity contribution < 1.29 is 69.6 Å². The molecule has 12 rings (SSSR count). The van der Waals surface area contributed by atoms with Gasteiger partial charge in [-0.2, -0.15) is 47.9 Å². The Kier molecular flexibility index (Phi) is 19.7. The summed E-state index contributed by atoms with van der Waals surface area (Å²) < 4.78 is 189. The van der Waals surface area contributed by atoms with Crippen molar-refractivity contribution in [2.45, 2.75) is 29.7 Å². The molecule has 16 nitrogen and oxygen atoms in total. The van der Waals surface area contributed by atoms with E-state index in [1.54, 1.807) is 96.6 Å². The van der Waals surface area contributed by atoms with Crippen molar-refractivity contribution in [2.75, 3.05) is 15.7 Å². The third-order valence-corrected chi connectivity index (χ3v) is 17.0. The molecule has 0 fully saturated rings. The zero-order valence-electron chi connectivity index (χ0n) is 50.4. The third kappa shape index (κ3) is 17.5. The van der Waals surface area contributed by atoms with Crippen LogP contribution < -0.4 is 14.6 Å². The van der Waals surface area contributed by atoms with Crippen LogP contribution in [-0.2, 0) is 42.4 Å². The first-order valence-corrected chi connectivity index (χ1v) is 33.5. The zero-order chi connectivity index (χ0) is 69.7. The number of imidazole rings is 3. The first kappa shape index (κ1) is 68.9. The average Bonchev–Trinajstić information content (AvgIpc) is 1.78. The lowest BCUT2D eigenvalue weighted by molar-refractivity contribution is -0.138. The number of alkyl halides is 9. The highest BCUT2D eigenvalue weighted by Crippen LogP contribution is 2.36. The van der Waals surface area contributed by atoms with E-state index in [2.05, 4.69) is 34.6 Å². The number of halogens is 9. The quantitative estimate of drug-likeness (QED) is 0.0418. The lowest BCUT2D eigenvalue weighted by Crippen LogP contribution is -2.30. The maximum atomic E-state index is 12.9. The van der Waals surface area contributed by atoms with Gasteiger partial charge in [0.05, 0.1) is 61.1 Å². The van der Waals surface area contributed by atoms with Crippen molar-refractivity contribution in [3.05, 3.63) is 251 Å². The minimum Gasteiger partial charge on any atom is -0.338 e. The summed E-state index contributed by atoms with van der Waals surface area (Å²) in [6.07, 6.45) is 2.05. The fraction of sp³-hybridized carbons (Fsp3) is 0.0725. The summed E-state index contributed by atoms with van der Waals surface area (Å²) in [5, 5.41) is 5.32. The van der Waals surface area contributed by atoms with Gasteiger partial charge in [0, 0.05) is 22.4 Å². The molecule has 0 spiro atoms. The summed E-state index contributed by atoms with van der Waals surface area (Å²) in [4.78, 5) is 34.6. The zero-order valence-corrected chi connectivity index (χ0v) is 52.9. The Morgan fingerprint density at radius 1 is 0.443 bits per heavy atom. The summed E-state index contributed by atoms with van der Waals surface area (Å²) in [5.74, 6) is 1.51. The molecule has 0 bridgehead atoms. The van der Waals surface area contributed by atoms with Crippen LogP contribution in [-0.4, -0.2) is 72.7 Å². The second kappa shape index (κ2) is 27.8. The highest BCUT2D eigenvalue weighted by molar-refractivity contribution is 7.93. The molecule has 12 aromatic rings. The van der Waals surface area contributed by atoms with Crippen molar-refractivity contribution in [3.8, 4) is 33.4 Å². The van der Waals surface area contributed by atoms with E-state index in [9.17, 15) is 69.6 Å². The number of H-pyrrole nitrogens is 3. The first-order chi connectivity index (χ1) is 45.7. The van der Waals surface area contributed by atoms with E-state index in [1.807, 2.05) is 66.7 Å². The van der Waals surface area contributed by atoms with E-state index in [0.29, 0.717) is 78.6 Å². The molecule has 0 aliphatic carbocycles. The molecule has 0 radical (unpaired) electrons. The van der Waals surface area contributed by atoms with Crippen LogP contribution in [0, 0.1) is 0 Å². The number of sulfonamides is 3. The number of primary sulfonamides is 1. The molecule has 28 heteroatoms. The molecule has 3 heterocycles. The Balaban J connectivity index is 0.000000158. The fourth-order valence-corrected chi connectivity index (χ4v) is 11.8. The lowest BCUT2D eigenvalue weighted by atomic mass is 9.97. The first-order valence-electron chi connectivity index (χ1n) is 28.6. The minimum atomic E-state index is -5.62. The van der Waals surface area contributed by atoms with Gasteiger partial charge in [-0.25, -0.2) is 36.9 Å². The number of carbonyl (C=O) groups excluding carboxylic acids is 1. The van der Waals surface area contributed by atoms with E-state index in [1.165, 1.54) is 60.7 Å². The summed E-state index contributed by atoms with van der Waals surface area (Å²) in [5.41, 5.74) is 3.09. The van der Waals surface area contributed by atoms with Gasteiger partial charge in [0.15, 0.2) is 5.78 Å². The lowest BCUT2D eigenvalue weighted by Gasteiger charge is -2.14. The summed E-state index contributed by atoms with van der Waals surface area (Å²) in [6, 6.07) is 52.2. The van der Waals surface area contributed by atoms with E-state index in [-0.39, 0.29) is 21.9 Å². The highest BCUT2D eigenvalue weighted by atomic mass is 32.2. The fourth-order valence-electron chi connectivity index (χ4n) is 9.89. The van der Waals surface area contributed by atoms with E-state index in [4.69, 9.17) is 5.14 Å². The average molecular weight is 1390 g/mol. The van der Waals surface area contributed by atoms with Gasteiger partial charge in [-0.05, 0) is 149 Å². The number of nitrogens with two attached hydrogens (primary N) is 1. The van der Waals surface area contributed by atoms with Crippen molar-refractivity contribution in [1.82, 2.24) is 29.9 Å². The van der Waals surface area contributed by atoms with Gasteiger partial charge in [0.2, 0.25) is 20.0 Å². The number of ketones is 1. The number of anilines is 2. The van der Waals surface area contributed by atoms with Gasteiger partial charge in [-0.3, -0.25) is 14.2 Å².